The molecule has 4 rings (SSSR count). The van der Waals surface area contributed by atoms with Gasteiger partial charge in [-0.05, 0) is 41.5 Å². The summed E-state index contributed by atoms with van der Waals surface area (Å²) in [6.07, 6.45) is 3.18. The van der Waals surface area contributed by atoms with Gasteiger partial charge < -0.3 is 4.90 Å². The third-order valence-corrected chi connectivity index (χ3v) is 5.94. The molecule has 2 aromatic rings. The fourth-order valence-electron chi connectivity index (χ4n) is 4.28. The van der Waals surface area contributed by atoms with Crippen LogP contribution < -0.4 is 10.9 Å². The van der Waals surface area contributed by atoms with Gasteiger partial charge >= 0.3 is 0 Å². The number of benzene rings is 2. The van der Waals surface area contributed by atoms with Gasteiger partial charge in [-0.25, -0.2) is 5.43 Å². The third-order valence-electron chi connectivity index (χ3n) is 5.71. The Morgan fingerprint density at radius 3 is 2.64 bits per heavy atom. The summed E-state index contributed by atoms with van der Waals surface area (Å²) in [5, 5.41) is 2.62. The molecule has 2 atom stereocenters. The maximum Gasteiger partial charge on any atom is 0.237 e. The third kappa shape index (κ3) is 3.39. The second kappa shape index (κ2) is 7.32. The summed E-state index contributed by atoms with van der Waals surface area (Å²) in [5.41, 5.74) is 8.39. The van der Waals surface area contributed by atoms with Crippen molar-refractivity contribution in [2.45, 2.75) is 31.3 Å². The second-order valence-corrected chi connectivity index (χ2v) is 7.37. The number of fused-ring (bicyclic) bond motifs is 1. The van der Waals surface area contributed by atoms with Gasteiger partial charge in [-0.1, -0.05) is 42.5 Å². The van der Waals surface area contributed by atoms with Crippen molar-refractivity contribution in [3.63, 3.8) is 0 Å². The molecule has 2 saturated heterocycles. The van der Waals surface area contributed by atoms with Gasteiger partial charge in [-0.3, -0.25) is 10.2 Å². The van der Waals surface area contributed by atoms with E-state index in [9.17, 15) is 4.79 Å². The first-order valence-electron chi connectivity index (χ1n) is 9.08. The summed E-state index contributed by atoms with van der Waals surface area (Å²) >= 11 is 5.67. The number of amides is 1. The topological polar surface area (TPSA) is 44.4 Å². The number of nitrogens with one attached hydrogen (secondary N) is 2. The first-order valence-corrected chi connectivity index (χ1v) is 9.62. The monoisotopic (exact) mass is 357 g/mol. The largest absolute Gasteiger partial charge is 0.342 e. The Morgan fingerprint density at radius 1 is 1.08 bits per heavy atom. The van der Waals surface area contributed by atoms with Crippen molar-refractivity contribution in [2.24, 2.45) is 5.92 Å². The van der Waals surface area contributed by atoms with Crippen LogP contribution >= 0.6 is 11.6 Å². The molecule has 4 nitrogen and oxygen atoms in total. The van der Waals surface area contributed by atoms with E-state index in [0.29, 0.717) is 18.0 Å². The summed E-state index contributed by atoms with van der Waals surface area (Å²) < 4.78 is 0. The molecule has 25 heavy (non-hydrogen) atoms. The van der Waals surface area contributed by atoms with E-state index in [1.165, 1.54) is 16.3 Å². The van der Waals surface area contributed by atoms with Crippen LogP contribution in [0.5, 0.6) is 0 Å². The Hall–Kier alpha value is -1.62. The highest BCUT2D eigenvalue weighted by atomic mass is 35.5. The number of likely N-dealkylation sites (tertiary alicyclic amines) is 1. The van der Waals surface area contributed by atoms with E-state index in [2.05, 4.69) is 53.3 Å². The van der Waals surface area contributed by atoms with Crippen LogP contribution in [0, 0.1) is 5.92 Å². The first kappa shape index (κ1) is 16.8. The number of halogens is 1. The van der Waals surface area contributed by atoms with Crippen LogP contribution in [0.2, 0.25) is 0 Å². The highest BCUT2D eigenvalue weighted by molar-refractivity contribution is 6.27. The van der Waals surface area contributed by atoms with E-state index in [1.54, 1.807) is 0 Å². The van der Waals surface area contributed by atoms with Crippen LogP contribution in [0.25, 0.3) is 10.8 Å². The predicted molar refractivity (Wildman–Crippen MR) is 101 cm³/mol. The highest BCUT2D eigenvalue weighted by Gasteiger charge is 2.34. The maximum atomic E-state index is 11.7. The SMILES string of the molecule is O=C(CCl)N1CCC(C2CC(c3cccc4ccccc34)NN2)CC1. The van der Waals surface area contributed by atoms with Crippen molar-refractivity contribution in [2.75, 3.05) is 19.0 Å². The average molecular weight is 358 g/mol. The van der Waals surface area contributed by atoms with Crippen LogP contribution in [-0.2, 0) is 4.79 Å². The van der Waals surface area contributed by atoms with E-state index in [1.807, 2.05) is 4.90 Å². The number of carbonyl (C=O) groups excluding carboxylic acids is 1. The second-order valence-electron chi connectivity index (χ2n) is 7.10. The van der Waals surface area contributed by atoms with Gasteiger partial charge in [0.15, 0.2) is 0 Å². The minimum atomic E-state index is 0.0613. The van der Waals surface area contributed by atoms with Gasteiger partial charge in [0.2, 0.25) is 5.91 Å². The van der Waals surface area contributed by atoms with Crippen LogP contribution in [0.3, 0.4) is 0 Å². The molecular weight excluding hydrogens is 334 g/mol. The van der Waals surface area contributed by atoms with Crippen LogP contribution in [0.15, 0.2) is 42.5 Å². The molecule has 0 aliphatic carbocycles. The minimum absolute atomic E-state index is 0.0613. The number of rotatable bonds is 3. The Bertz CT molecular complexity index is 752. The molecule has 2 aromatic carbocycles. The Morgan fingerprint density at radius 2 is 1.84 bits per heavy atom. The summed E-state index contributed by atoms with van der Waals surface area (Å²) in [6, 6.07) is 15.9. The lowest BCUT2D eigenvalue weighted by atomic mass is 9.85. The molecule has 2 unspecified atom stereocenters. The molecule has 0 radical (unpaired) electrons. The lowest BCUT2D eigenvalue weighted by molar-refractivity contribution is -0.129. The van der Waals surface area contributed by atoms with E-state index < -0.39 is 0 Å². The Balaban J connectivity index is 1.43. The summed E-state index contributed by atoms with van der Waals surface area (Å²) in [7, 11) is 0. The molecule has 2 fully saturated rings. The number of hydrazine groups is 1. The molecule has 0 saturated carbocycles. The highest BCUT2D eigenvalue weighted by Crippen LogP contribution is 2.33. The number of piperidine rings is 1. The molecule has 2 aliphatic rings. The molecule has 1 amide bonds. The van der Waals surface area contributed by atoms with E-state index in [0.717, 1.165) is 32.4 Å². The molecule has 132 valence electrons. The fraction of sp³-hybridized carbons (Fsp3) is 0.450. The molecule has 0 aromatic heterocycles. The molecule has 5 heteroatoms. The zero-order valence-corrected chi connectivity index (χ0v) is 15.0. The standard InChI is InChI=1S/C20H24ClN3O/c21-13-20(25)24-10-8-15(9-11-24)18-12-19(23-22-18)17-7-3-5-14-4-1-2-6-16(14)17/h1-7,15,18-19,22-23H,8-13H2. The van der Waals surface area contributed by atoms with Gasteiger partial charge in [0.1, 0.15) is 5.88 Å². The zero-order chi connectivity index (χ0) is 17.2. The van der Waals surface area contributed by atoms with Crippen molar-refractivity contribution in [3.05, 3.63) is 48.0 Å². The summed E-state index contributed by atoms with van der Waals surface area (Å²) in [6.45, 7) is 1.65. The number of alkyl halides is 1. The quantitative estimate of drug-likeness (QED) is 0.829. The molecule has 2 aliphatic heterocycles. The maximum absolute atomic E-state index is 11.7. The molecular formula is C20H24ClN3O. The van der Waals surface area contributed by atoms with E-state index in [-0.39, 0.29) is 11.8 Å². The van der Waals surface area contributed by atoms with Gasteiger partial charge in [0.05, 0.1) is 0 Å². The molecule has 0 bridgehead atoms. The van der Waals surface area contributed by atoms with Gasteiger partial charge in [0.25, 0.3) is 0 Å². The molecule has 2 N–H and O–H groups in total. The number of hydrogen-bond donors (Lipinski definition) is 2. The van der Waals surface area contributed by atoms with Crippen molar-refractivity contribution >= 4 is 28.3 Å². The first-order chi connectivity index (χ1) is 12.3. The van der Waals surface area contributed by atoms with Crippen LogP contribution in [0.4, 0.5) is 0 Å². The Kier molecular flexibility index (Phi) is 4.93. The lowest BCUT2D eigenvalue weighted by Gasteiger charge is -2.34. The van der Waals surface area contributed by atoms with Crippen molar-refractivity contribution in [1.29, 1.82) is 0 Å². The van der Waals surface area contributed by atoms with E-state index in [4.69, 9.17) is 11.6 Å². The van der Waals surface area contributed by atoms with Crippen molar-refractivity contribution in [1.82, 2.24) is 15.8 Å². The van der Waals surface area contributed by atoms with Crippen molar-refractivity contribution < 1.29 is 4.79 Å². The molecule has 0 spiro atoms. The summed E-state index contributed by atoms with van der Waals surface area (Å²) in [5.74, 6) is 0.759. The smallest absolute Gasteiger partial charge is 0.237 e. The molecule has 2 heterocycles. The number of hydrogen-bond acceptors (Lipinski definition) is 3. The normalized spacial score (nSPS) is 24.8. The lowest BCUT2D eigenvalue weighted by Crippen LogP contribution is -2.45. The van der Waals surface area contributed by atoms with E-state index >= 15 is 0 Å². The number of carbonyl (C=O) groups is 1. The minimum Gasteiger partial charge on any atom is -0.342 e. The Labute approximate surface area is 153 Å². The summed E-state index contributed by atoms with van der Waals surface area (Å²) in [4.78, 5) is 13.6. The predicted octanol–water partition coefficient (Wildman–Crippen LogP) is 3.22. The fourth-order valence-corrected chi connectivity index (χ4v) is 4.45. The van der Waals surface area contributed by atoms with Crippen LogP contribution in [0.1, 0.15) is 30.9 Å². The van der Waals surface area contributed by atoms with Gasteiger partial charge in [-0.15, -0.1) is 11.6 Å². The van der Waals surface area contributed by atoms with Crippen LogP contribution in [-0.4, -0.2) is 35.8 Å². The number of nitrogens with zero attached hydrogens (tertiary/aromatic N) is 1. The van der Waals surface area contributed by atoms with Gasteiger partial charge in [0, 0.05) is 25.2 Å². The average Bonchev–Trinajstić information content (AvgIpc) is 3.17. The van der Waals surface area contributed by atoms with Crippen molar-refractivity contribution in [3.8, 4) is 0 Å². The zero-order valence-electron chi connectivity index (χ0n) is 14.2. The van der Waals surface area contributed by atoms with Gasteiger partial charge in [-0.2, -0.15) is 0 Å².